The van der Waals surface area contributed by atoms with Crippen LogP contribution in [0.5, 0.6) is 0 Å². The predicted molar refractivity (Wildman–Crippen MR) is 68.5 cm³/mol. The number of ketones is 1. The maximum absolute atomic E-state index is 11.8. The van der Waals surface area contributed by atoms with Gasteiger partial charge in [0, 0.05) is 12.0 Å². The molecule has 1 fully saturated rings. The highest BCUT2D eigenvalue weighted by atomic mass is 16.3. The van der Waals surface area contributed by atoms with E-state index in [1.165, 1.54) is 12.0 Å². The Balaban J connectivity index is 2.32. The molecule has 2 aliphatic rings. The first-order valence-corrected chi connectivity index (χ1v) is 6.57. The van der Waals surface area contributed by atoms with Gasteiger partial charge in [-0.15, -0.1) is 0 Å². The molecule has 2 aliphatic carbocycles. The van der Waals surface area contributed by atoms with Crippen LogP contribution in [0.3, 0.4) is 0 Å². The van der Waals surface area contributed by atoms with Gasteiger partial charge in [-0.25, -0.2) is 0 Å². The van der Waals surface area contributed by atoms with E-state index >= 15 is 0 Å². The monoisotopic (exact) mass is 234 g/mol. The zero-order valence-electron chi connectivity index (χ0n) is 10.8. The van der Waals surface area contributed by atoms with E-state index in [4.69, 9.17) is 0 Å². The summed E-state index contributed by atoms with van der Waals surface area (Å²) in [5.41, 5.74) is 1.85. The number of allylic oxidation sites excluding steroid dienone is 2. The summed E-state index contributed by atoms with van der Waals surface area (Å²) in [5.74, 6) is 2.09. The molecule has 0 aromatic carbocycles. The van der Waals surface area contributed by atoms with Crippen LogP contribution < -0.4 is 0 Å². The van der Waals surface area contributed by atoms with Crippen molar-refractivity contribution in [3.05, 3.63) is 23.8 Å². The molecule has 0 spiro atoms. The first kappa shape index (κ1) is 12.6. The number of fused-ring (bicyclic) bond motifs is 1. The Labute approximate surface area is 103 Å². The second-order valence-electron chi connectivity index (χ2n) is 5.77. The second-order valence-corrected chi connectivity index (χ2v) is 5.77. The molecule has 0 heterocycles. The molecule has 1 saturated carbocycles. The molecule has 2 rings (SSSR count). The van der Waals surface area contributed by atoms with Gasteiger partial charge in [-0.3, -0.25) is 4.79 Å². The number of hydrogen-bond donors (Lipinski definition) is 1. The average molecular weight is 234 g/mol. The van der Waals surface area contributed by atoms with Crippen molar-refractivity contribution in [2.24, 2.45) is 23.7 Å². The Morgan fingerprint density at radius 3 is 2.82 bits per heavy atom. The fourth-order valence-corrected chi connectivity index (χ4v) is 3.40. The van der Waals surface area contributed by atoms with E-state index in [2.05, 4.69) is 20.4 Å². The van der Waals surface area contributed by atoms with Crippen molar-refractivity contribution < 1.29 is 9.90 Å². The number of aliphatic hydroxyl groups excluding tert-OH is 1. The van der Waals surface area contributed by atoms with Gasteiger partial charge in [0.05, 0.1) is 6.61 Å². The average Bonchev–Trinajstić information content (AvgIpc) is 2.29. The molecule has 0 unspecified atom stereocenters. The van der Waals surface area contributed by atoms with Crippen molar-refractivity contribution in [1.82, 2.24) is 0 Å². The minimum Gasteiger partial charge on any atom is -0.392 e. The molecule has 2 heteroatoms. The van der Waals surface area contributed by atoms with Crippen LogP contribution in [0.1, 0.15) is 33.1 Å². The van der Waals surface area contributed by atoms with Crippen molar-refractivity contribution in [2.45, 2.75) is 33.1 Å². The van der Waals surface area contributed by atoms with Crippen LogP contribution >= 0.6 is 0 Å². The molecular formula is C15H22O2. The van der Waals surface area contributed by atoms with Gasteiger partial charge in [0.25, 0.3) is 0 Å². The van der Waals surface area contributed by atoms with Crippen LogP contribution in [0.2, 0.25) is 0 Å². The van der Waals surface area contributed by atoms with E-state index in [0.717, 1.165) is 6.42 Å². The lowest BCUT2D eigenvalue weighted by Gasteiger charge is -2.42. The Bertz CT molecular complexity index is 365. The lowest BCUT2D eigenvalue weighted by Crippen LogP contribution is -2.36. The summed E-state index contributed by atoms with van der Waals surface area (Å²) in [7, 11) is 0. The first-order chi connectivity index (χ1) is 8.04. The van der Waals surface area contributed by atoms with Gasteiger partial charge in [-0.2, -0.15) is 0 Å². The van der Waals surface area contributed by atoms with E-state index in [1.807, 2.05) is 6.08 Å². The van der Waals surface area contributed by atoms with E-state index in [0.29, 0.717) is 35.7 Å². The van der Waals surface area contributed by atoms with Crippen LogP contribution in [0.4, 0.5) is 0 Å². The van der Waals surface area contributed by atoms with Crippen LogP contribution in [-0.2, 0) is 4.79 Å². The van der Waals surface area contributed by atoms with Gasteiger partial charge in [0.15, 0.2) is 5.78 Å². The summed E-state index contributed by atoms with van der Waals surface area (Å²) in [4.78, 5) is 11.8. The Kier molecular flexibility index (Phi) is 3.53. The van der Waals surface area contributed by atoms with Crippen molar-refractivity contribution >= 4 is 5.78 Å². The standard InChI is InChI=1S/C15H22O2/c1-9(2)12-5-4-10(3)13-7-15(17)11(8-16)6-14(12)13/h6,9,12-14,16H,3-5,7-8H2,1-2H3/t12-,13-,14-/m1/s1. The molecule has 94 valence electrons. The van der Waals surface area contributed by atoms with Gasteiger partial charge in [0.1, 0.15) is 0 Å². The van der Waals surface area contributed by atoms with Crippen LogP contribution in [-0.4, -0.2) is 17.5 Å². The highest BCUT2D eigenvalue weighted by Crippen LogP contribution is 2.46. The first-order valence-electron chi connectivity index (χ1n) is 6.57. The summed E-state index contributed by atoms with van der Waals surface area (Å²) >= 11 is 0. The summed E-state index contributed by atoms with van der Waals surface area (Å²) in [6.45, 7) is 8.52. The quantitative estimate of drug-likeness (QED) is 0.746. The van der Waals surface area contributed by atoms with E-state index in [1.54, 1.807) is 0 Å². The minimum absolute atomic E-state index is 0.110. The molecule has 3 atom stereocenters. The van der Waals surface area contributed by atoms with Gasteiger partial charge in [-0.05, 0) is 36.5 Å². The number of rotatable bonds is 2. The largest absolute Gasteiger partial charge is 0.392 e. The Morgan fingerprint density at radius 2 is 2.24 bits per heavy atom. The maximum Gasteiger partial charge on any atom is 0.161 e. The number of carbonyl (C=O) groups excluding carboxylic acids is 1. The van der Waals surface area contributed by atoms with E-state index in [-0.39, 0.29) is 12.4 Å². The third-order valence-electron chi connectivity index (χ3n) is 4.47. The molecule has 0 bridgehead atoms. The molecule has 0 saturated heterocycles. The molecular weight excluding hydrogens is 212 g/mol. The van der Waals surface area contributed by atoms with E-state index < -0.39 is 0 Å². The fourth-order valence-electron chi connectivity index (χ4n) is 3.40. The summed E-state index contributed by atoms with van der Waals surface area (Å²) in [6.07, 6.45) is 4.81. The summed E-state index contributed by atoms with van der Waals surface area (Å²) < 4.78 is 0. The number of Topliss-reactive ketones (excluding diaryl/α,β-unsaturated/α-hetero) is 1. The van der Waals surface area contributed by atoms with Crippen molar-refractivity contribution in [2.75, 3.05) is 6.61 Å². The van der Waals surface area contributed by atoms with Crippen molar-refractivity contribution in [3.63, 3.8) is 0 Å². The molecule has 1 N–H and O–H groups in total. The topological polar surface area (TPSA) is 37.3 Å². The lowest BCUT2D eigenvalue weighted by molar-refractivity contribution is -0.118. The Morgan fingerprint density at radius 1 is 1.53 bits per heavy atom. The zero-order valence-corrected chi connectivity index (χ0v) is 10.8. The molecule has 0 amide bonds. The lowest BCUT2D eigenvalue weighted by atomic mass is 9.62. The fraction of sp³-hybridized carbons (Fsp3) is 0.667. The molecule has 2 nitrogen and oxygen atoms in total. The molecule has 17 heavy (non-hydrogen) atoms. The maximum atomic E-state index is 11.8. The molecule has 0 aliphatic heterocycles. The predicted octanol–water partition coefficient (Wildman–Crippen LogP) is 2.73. The molecule has 0 aromatic heterocycles. The second kappa shape index (κ2) is 4.77. The van der Waals surface area contributed by atoms with Crippen molar-refractivity contribution in [3.8, 4) is 0 Å². The number of hydrogen-bond acceptors (Lipinski definition) is 2. The van der Waals surface area contributed by atoms with Gasteiger partial charge < -0.3 is 5.11 Å². The molecule has 0 aromatic rings. The highest BCUT2D eigenvalue weighted by molar-refractivity contribution is 5.96. The van der Waals surface area contributed by atoms with Gasteiger partial charge >= 0.3 is 0 Å². The summed E-state index contributed by atoms with van der Waals surface area (Å²) in [5, 5.41) is 9.23. The third kappa shape index (κ3) is 2.23. The normalized spacial score (nSPS) is 33.6. The Hall–Kier alpha value is -0.890. The number of carbonyl (C=O) groups is 1. The van der Waals surface area contributed by atoms with Gasteiger partial charge in [0.2, 0.25) is 0 Å². The summed E-state index contributed by atoms with van der Waals surface area (Å²) in [6, 6.07) is 0. The smallest absolute Gasteiger partial charge is 0.161 e. The van der Waals surface area contributed by atoms with Crippen LogP contribution in [0, 0.1) is 23.7 Å². The number of aliphatic hydroxyl groups is 1. The van der Waals surface area contributed by atoms with Crippen LogP contribution in [0.15, 0.2) is 23.8 Å². The zero-order chi connectivity index (χ0) is 12.6. The van der Waals surface area contributed by atoms with Crippen molar-refractivity contribution in [1.29, 1.82) is 0 Å². The third-order valence-corrected chi connectivity index (χ3v) is 4.47. The van der Waals surface area contributed by atoms with E-state index in [9.17, 15) is 9.90 Å². The minimum atomic E-state index is -0.112. The van der Waals surface area contributed by atoms with Gasteiger partial charge in [-0.1, -0.05) is 32.1 Å². The molecule has 0 radical (unpaired) electrons. The SMILES string of the molecule is C=C1CC[C@H](C(C)C)[C@H]2C=C(CO)C(=O)C[C@H]12. The highest BCUT2D eigenvalue weighted by Gasteiger charge is 2.39. The van der Waals surface area contributed by atoms with Crippen LogP contribution in [0.25, 0.3) is 0 Å².